The van der Waals surface area contributed by atoms with Crippen LogP contribution < -0.4 is 4.74 Å². The molecule has 1 aliphatic carbocycles. The third kappa shape index (κ3) is 4.70. The number of benzene rings is 1. The van der Waals surface area contributed by atoms with E-state index in [-0.39, 0.29) is 30.4 Å². The molecule has 6 heteroatoms. The van der Waals surface area contributed by atoms with Crippen molar-refractivity contribution in [2.75, 3.05) is 26.3 Å². The van der Waals surface area contributed by atoms with E-state index >= 15 is 0 Å². The molecule has 0 spiro atoms. The molecule has 2 fully saturated rings. The number of aliphatic hydroxyl groups excluding tert-OH is 1. The van der Waals surface area contributed by atoms with Crippen LogP contribution in [-0.2, 0) is 9.59 Å². The molecule has 174 valence electrons. The molecule has 2 amide bonds. The van der Waals surface area contributed by atoms with Crippen LogP contribution in [0.25, 0.3) is 5.57 Å². The van der Waals surface area contributed by atoms with Crippen LogP contribution in [-0.4, -0.2) is 59.1 Å². The summed E-state index contributed by atoms with van der Waals surface area (Å²) < 4.78 is 5.57. The highest BCUT2D eigenvalue weighted by Crippen LogP contribution is 2.37. The molecule has 0 aromatic heterocycles. The third-order valence-electron chi connectivity index (χ3n) is 7.08. The molecule has 3 aliphatic rings. The van der Waals surface area contributed by atoms with Gasteiger partial charge in [-0.25, -0.2) is 0 Å². The van der Waals surface area contributed by atoms with Crippen molar-refractivity contribution in [3.05, 3.63) is 35.5 Å². The van der Waals surface area contributed by atoms with Crippen molar-refractivity contribution in [3.63, 3.8) is 0 Å². The van der Waals surface area contributed by atoms with E-state index in [1.807, 2.05) is 31.2 Å². The second kappa shape index (κ2) is 10.5. The second-order valence-electron chi connectivity index (χ2n) is 9.30. The van der Waals surface area contributed by atoms with Gasteiger partial charge in [-0.15, -0.1) is 0 Å². The summed E-state index contributed by atoms with van der Waals surface area (Å²) in [5, 5.41) is 9.73. The van der Waals surface area contributed by atoms with Crippen LogP contribution in [0, 0.1) is 5.92 Å². The quantitative estimate of drug-likeness (QED) is 0.678. The zero-order valence-electron chi connectivity index (χ0n) is 19.2. The lowest BCUT2D eigenvalue weighted by Gasteiger charge is -2.35. The van der Waals surface area contributed by atoms with Crippen molar-refractivity contribution >= 4 is 17.4 Å². The third-order valence-corrected chi connectivity index (χ3v) is 7.08. The SMILES string of the molecule is CCOc1ccc(C2=C(N3CCCC(CO)C3)C(=O)N(C3CCCCCCC3)C2=O)cc1. The van der Waals surface area contributed by atoms with Crippen molar-refractivity contribution in [2.45, 2.75) is 70.8 Å². The van der Waals surface area contributed by atoms with E-state index in [4.69, 9.17) is 4.74 Å². The van der Waals surface area contributed by atoms with Gasteiger partial charge in [-0.05, 0) is 56.2 Å². The molecular weight excluding hydrogens is 404 g/mol. The number of imide groups is 1. The van der Waals surface area contributed by atoms with E-state index < -0.39 is 0 Å². The van der Waals surface area contributed by atoms with Gasteiger partial charge in [0.25, 0.3) is 11.8 Å². The maximum Gasteiger partial charge on any atom is 0.278 e. The standard InChI is InChI=1S/C26H36N2O4/c1-2-32-22-14-12-20(13-15-22)23-24(27-16-8-9-19(17-27)18-29)26(31)28(25(23)30)21-10-6-4-3-5-7-11-21/h12-15,19,21,29H,2-11,16-18H2,1H3. The van der Waals surface area contributed by atoms with Gasteiger partial charge in [0.15, 0.2) is 0 Å². The van der Waals surface area contributed by atoms with Gasteiger partial charge < -0.3 is 14.7 Å². The Balaban J connectivity index is 1.70. The lowest BCUT2D eigenvalue weighted by Crippen LogP contribution is -2.44. The number of carbonyl (C=O) groups excluding carboxylic acids is 2. The van der Waals surface area contributed by atoms with Gasteiger partial charge in [0.2, 0.25) is 0 Å². The Kier molecular flexibility index (Phi) is 7.51. The number of aliphatic hydroxyl groups is 1. The first-order valence-corrected chi connectivity index (χ1v) is 12.3. The molecule has 1 unspecified atom stereocenters. The summed E-state index contributed by atoms with van der Waals surface area (Å²) in [5.74, 6) is 0.579. The number of rotatable bonds is 6. The molecule has 1 aromatic carbocycles. The molecule has 0 radical (unpaired) electrons. The molecule has 32 heavy (non-hydrogen) atoms. The highest BCUT2D eigenvalue weighted by molar-refractivity contribution is 6.35. The van der Waals surface area contributed by atoms with E-state index in [9.17, 15) is 14.7 Å². The molecule has 0 bridgehead atoms. The minimum absolute atomic E-state index is 0.0241. The fraction of sp³-hybridized carbons (Fsp3) is 0.615. The first-order chi connectivity index (χ1) is 15.6. The van der Waals surface area contributed by atoms with Crippen LogP contribution in [0.1, 0.15) is 70.3 Å². The fourth-order valence-corrected chi connectivity index (χ4v) is 5.41. The van der Waals surface area contributed by atoms with Crippen molar-refractivity contribution < 1.29 is 19.4 Å². The van der Waals surface area contributed by atoms with Crippen molar-refractivity contribution in [1.82, 2.24) is 9.80 Å². The normalized spacial score (nSPS) is 23.5. The molecule has 1 aromatic rings. The zero-order valence-corrected chi connectivity index (χ0v) is 19.2. The summed E-state index contributed by atoms with van der Waals surface area (Å²) >= 11 is 0. The highest BCUT2D eigenvalue weighted by Gasteiger charge is 2.45. The largest absolute Gasteiger partial charge is 0.494 e. The van der Waals surface area contributed by atoms with Crippen LogP contribution in [0.2, 0.25) is 0 Å². The van der Waals surface area contributed by atoms with Crippen molar-refractivity contribution in [3.8, 4) is 5.75 Å². The Bertz CT molecular complexity index is 840. The second-order valence-corrected chi connectivity index (χ2v) is 9.30. The number of nitrogens with zero attached hydrogens (tertiary/aromatic N) is 2. The average Bonchev–Trinajstić information content (AvgIpc) is 3.05. The molecule has 1 saturated carbocycles. The molecule has 1 saturated heterocycles. The van der Waals surface area contributed by atoms with Crippen LogP contribution in [0.5, 0.6) is 5.75 Å². The van der Waals surface area contributed by atoms with Gasteiger partial charge in [-0.1, -0.05) is 44.2 Å². The number of amides is 2. The molecule has 6 nitrogen and oxygen atoms in total. The summed E-state index contributed by atoms with van der Waals surface area (Å²) in [5.41, 5.74) is 1.80. The smallest absolute Gasteiger partial charge is 0.278 e. The van der Waals surface area contributed by atoms with Crippen LogP contribution in [0.4, 0.5) is 0 Å². The number of likely N-dealkylation sites (tertiary alicyclic amines) is 1. The zero-order chi connectivity index (χ0) is 22.5. The van der Waals surface area contributed by atoms with Gasteiger partial charge in [0.05, 0.1) is 12.2 Å². The van der Waals surface area contributed by atoms with Gasteiger partial charge in [0, 0.05) is 25.7 Å². The van der Waals surface area contributed by atoms with E-state index in [1.54, 1.807) is 4.90 Å². The summed E-state index contributed by atoms with van der Waals surface area (Å²) in [6, 6.07) is 7.49. The maximum atomic E-state index is 13.8. The topological polar surface area (TPSA) is 70.1 Å². The van der Waals surface area contributed by atoms with Crippen LogP contribution in [0.15, 0.2) is 30.0 Å². The maximum absolute atomic E-state index is 13.8. The van der Waals surface area contributed by atoms with E-state index in [0.717, 1.165) is 56.4 Å². The van der Waals surface area contributed by atoms with Gasteiger partial charge in [0.1, 0.15) is 11.4 Å². The average molecular weight is 441 g/mol. The Morgan fingerprint density at radius 1 is 0.938 bits per heavy atom. The number of hydrogen-bond donors (Lipinski definition) is 1. The molecule has 1 N–H and O–H groups in total. The van der Waals surface area contributed by atoms with Gasteiger partial charge in [-0.2, -0.15) is 0 Å². The van der Waals surface area contributed by atoms with E-state index in [1.165, 1.54) is 19.3 Å². The molecular formula is C26H36N2O4. The molecule has 1 atom stereocenters. The summed E-state index contributed by atoms with van der Waals surface area (Å²) in [6.07, 6.45) is 9.35. The predicted molar refractivity (Wildman–Crippen MR) is 124 cm³/mol. The van der Waals surface area contributed by atoms with Crippen molar-refractivity contribution in [1.29, 1.82) is 0 Å². The Hall–Kier alpha value is -2.34. The Morgan fingerprint density at radius 3 is 2.28 bits per heavy atom. The Labute approximate surface area is 191 Å². The van der Waals surface area contributed by atoms with Gasteiger partial charge in [-0.3, -0.25) is 14.5 Å². The molecule has 2 aliphatic heterocycles. The lowest BCUT2D eigenvalue weighted by atomic mass is 9.95. The fourth-order valence-electron chi connectivity index (χ4n) is 5.41. The Morgan fingerprint density at radius 2 is 1.62 bits per heavy atom. The number of piperidine rings is 1. The molecule has 4 rings (SSSR count). The van der Waals surface area contributed by atoms with E-state index in [0.29, 0.717) is 24.4 Å². The molecule has 2 heterocycles. The minimum Gasteiger partial charge on any atom is -0.494 e. The van der Waals surface area contributed by atoms with Crippen molar-refractivity contribution in [2.24, 2.45) is 5.92 Å². The van der Waals surface area contributed by atoms with Crippen LogP contribution in [0.3, 0.4) is 0 Å². The summed E-state index contributed by atoms with van der Waals surface area (Å²) in [7, 11) is 0. The lowest BCUT2D eigenvalue weighted by molar-refractivity contribution is -0.140. The highest BCUT2D eigenvalue weighted by atomic mass is 16.5. The summed E-state index contributed by atoms with van der Waals surface area (Å²) in [6.45, 7) is 3.98. The minimum atomic E-state index is -0.161. The summed E-state index contributed by atoms with van der Waals surface area (Å²) in [4.78, 5) is 31.2. The first-order valence-electron chi connectivity index (χ1n) is 12.3. The van der Waals surface area contributed by atoms with Crippen LogP contribution >= 0.6 is 0 Å². The number of ether oxygens (including phenoxy) is 1. The number of carbonyl (C=O) groups is 2. The number of hydrogen-bond acceptors (Lipinski definition) is 5. The first kappa shape index (κ1) is 22.8. The predicted octanol–water partition coefficient (Wildman–Crippen LogP) is 3.98. The van der Waals surface area contributed by atoms with E-state index in [2.05, 4.69) is 4.90 Å². The monoisotopic (exact) mass is 440 g/mol. The van der Waals surface area contributed by atoms with Gasteiger partial charge >= 0.3 is 0 Å².